The summed E-state index contributed by atoms with van der Waals surface area (Å²) < 4.78 is 0. The van der Waals surface area contributed by atoms with Crippen molar-refractivity contribution in [3.05, 3.63) is 5.21 Å². The Morgan fingerprint density at radius 3 is 2.45 bits per heavy atom. The van der Waals surface area contributed by atoms with E-state index in [0.29, 0.717) is 0 Å². The van der Waals surface area contributed by atoms with Crippen LogP contribution in [0.25, 0.3) is 0 Å². The van der Waals surface area contributed by atoms with Crippen LogP contribution in [0.3, 0.4) is 0 Å². The van der Waals surface area contributed by atoms with Crippen LogP contribution in [0.2, 0.25) is 0 Å². The lowest BCUT2D eigenvalue weighted by Gasteiger charge is -2.19. The third kappa shape index (κ3) is 3.03. The van der Waals surface area contributed by atoms with Gasteiger partial charge in [0.1, 0.15) is 6.54 Å². The molecule has 0 saturated carbocycles. The molecule has 0 amide bonds. The highest BCUT2D eigenvalue weighted by Gasteiger charge is 2.15. The van der Waals surface area contributed by atoms with Gasteiger partial charge in [-0.05, 0) is 13.8 Å². The van der Waals surface area contributed by atoms with E-state index in [-0.39, 0.29) is 24.2 Å². The number of hydrogen-bond donors (Lipinski definition) is 2. The normalized spacial score (nSPS) is 12.2. The Hall–Kier alpha value is -1.04. The summed E-state index contributed by atoms with van der Waals surface area (Å²) >= 11 is 0. The molecular formula is C5H13N3O3. The molecule has 0 unspecified atom stereocenters. The van der Waals surface area contributed by atoms with E-state index >= 15 is 0 Å². The van der Waals surface area contributed by atoms with Gasteiger partial charge in [-0.15, -0.1) is 5.01 Å². The van der Waals surface area contributed by atoms with Crippen LogP contribution in [-0.2, 0) is 0 Å². The number of hydrazine groups is 1. The average molecular weight is 163 g/mol. The third-order valence-corrected chi connectivity index (χ3v) is 1.22. The van der Waals surface area contributed by atoms with Crippen molar-refractivity contribution >= 4 is 0 Å². The van der Waals surface area contributed by atoms with Crippen molar-refractivity contribution in [2.24, 2.45) is 5.28 Å². The van der Waals surface area contributed by atoms with Gasteiger partial charge in [0.25, 0.3) is 0 Å². The summed E-state index contributed by atoms with van der Waals surface area (Å²) in [4.78, 5) is 0.0564. The van der Waals surface area contributed by atoms with Gasteiger partial charge in [0.2, 0.25) is 5.28 Å². The first-order valence-corrected chi connectivity index (χ1v) is 3.33. The first-order valence-electron chi connectivity index (χ1n) is 3.33. The minimum absolute atomic E-state index is 0.0564. The predicted molar refractivity (Wildman–Crippen MR) is 36.8 cm³/mol. The highest BCUT2D eigenvalue weighted by Crippen LogP contribution is 1.97. The first-order chi connectivity index (χ1) is 5.13. The summed E-state index contributed by atoms with van der Waals surface area (Å²) in [6.07, 6.45) is 0. The molecule has 0 atom stereocenters. The van der Waals surface area contributed by atoms with Crippen molar-refractivity contribution in [2.75, 3.05) is 13.2 Å². The van der Waals surface area contributed by atoms with E-state index in [9.17, 15) is 5.21 Å². The SMILES string of the molecule is CC(C)N(CCO)/[N+]([O-])=N/O. The Balaban J connectivity index is 4.10. The van der Waals surface area contributed by atoms with Crippen molar-refractivity contribution in [2.45, 2.75) is 19.9 Å². The molecular weight excluding hydrogens is 150 g/mol. The predicted octanol–water partition coefficient (Wildman–Crippen LogP) is -0.0442. The second kappa shape index (κ2) is 4.73. The number of nitrogens with zero attached hydrogens (tertiary/aromatic N) is 3. The van der Waals surface area contributed by atoms with Gasteiger partial charge in [-0.1, -0.05) is 0 Å². The summed E-state index contributed by atoms with van der Waals surface area (Å²) in [6, 6.07) is -0.101. The summed E-state index contributed by atoms with van der Waals surface area (Å²) in [6.45, 7) is 3.52. The largest absolute Gasteiger partial charge is 0.569 e. The highest BCUT2D eigenvalue weighted by molar-refractivity contribution is 4.49. The van der Waals surface area contributed by atoms with Crippen molar-refractivity contribution in [1.29, 1.82) is 0 Å². The molecule has 0 aromatic carbocycles. The van der Waals surface area contributed by atoms with E-state index in [1.807, 2.05) is 0 Å². The van der Waals surface area contributed by atoms with Crippen LogP contribution < -0.4 is 0 Å². The molecule has 11 heavy (non-hydrogen) atoms. The molecule has 0 saturated heterocycles. The fourth-order valence-electron chi connectivity index (χ4n) is 0.695. The quantitative estimate of drug-likeness (QED) is 0.346. The number of aliphatic hydroxyl groups excluding tert-OH is 1. The second-order valence-electron chi connectivity index (χ2n) is 2.32. The summed E-state index contributed by atoms with van der Waals surface area (Å²) in [5, 5.41) is 30.9. The maximum atomic E-state index is 10.7. The van der Waals surface area contributed by atoms with Crippen LogP contribution in [0.1, 0.15) is 13.8 Å². The van der Waals surface area contributed by atoms with E-state index < -0.39 is 0 Å². The zero-order valence-electron chi connectivity index (χ0n) is 6.64. The Morgan fingerprint density at radius 2 is 2.18 bits per heavy atom. The van der Waals surface area contributed by atoms with E-state index in [1.165, 1.54) is 5.01 Å². The molecule has 0 heterocycles. The lowest BCUT2D eigenvalue weighted by atomic mass is 10.4. The molecule has 6 heteroatoms. The van der Waals surface area contributed by atoms with Gasteiger partial charge >= 0.3 is 0 Å². The Morgan fingerprint density at radius 1 is 1.64 bits per heavy atom. The fourth-order valence-corrected chi connectivity index (χ4v) is 0.695. The molecule has 0 fully saturated rings. The van der Waals surface area contributed by atoms with Gasteiger partial charge < -0.3 is 15.5 Å². The zero-order chi connectivity index (χ0) is 8.85. The zero-order valence-corrected chi connectivity index (χ0v) is 6.64. The summed E-state index contributed by atoms with van der Waals surface area (Å²) in [5.41, 5.74) is 0. The molecule has 6 nitrogen and oxygen atoms in total. The van der Waals surface area contributed by atoms with E-state index in [0.717, 1.165) is 0 Å². The van der Waals surface area contributed by atoms with Crippen LogP contribution in [0.4, 0.5) is 0 Å². The fraction of sp³-hybridized carbons (Fsp3) is 1.00. The Labute approximate surface area is 64.9 Å². The molecule has 66 valence electrons. The summed E-state index contributed by atoms with van der Waals surface area (Å²) in [5.74, 6) is 0. The maximum Gasteiger partial charge on any atom is 0.230 e. The van der Waals surface area contributed by atoms with E-state index in [4.69, 9.17) is 10.3 Å². The topological polar surface area (TPSA) is 82.1 Å². The standard InChI is InChI=1S/C5H13N3O3/c1-5(2)7(3-4-9)8(11)6-10/h5,9-10H,3-4H2,1-2H3/b8-6-. The number of rotatable bonds is 4. The Kier molecular flexibility index (Phi) is 4.28. The van der Waals surface area contributed by atoms with Crippen LogP contribution >= 0.6 is 0 Å². The molecule has 0 aliphatic heterocycles. The van der Waals surface area contributed by atoms with E-state index in [1.54, 1.807) is 13.8 Å². The third-order valence-electron chi connectivity index (χ3n) is 1.22. The maximum absolute atomic E-state index is 10.7. The second-order valence-corrected chi connectivity index (χ2v) is 2.32. The molecule has 2 N–H and O–H groups in total. The van der Waals surface area contributed by atoms with Gasteiger partial charge in [-0.25, -0.2) is 0 Å². The highest BCUT2D eigenvalue weighted by atomic mass is 16.6. The minimum atomic E-state index is -0.146. The lowest BCUT2D eigenvalue weighted by Crippen LogP contribution is -2.38. The van der Waals surface area contributed by atoms with Crippen LogP contribution in [0.15, 0.2) is 5.28 Å². The van der Waals surface area contributed by atoms with Crippen LogP contribution in [-0.4, -0.2) is 39.5 Å². The molecule has 0 bridgehead atoms. The van der Waals surface area contributed by atoms with Crippen molar-refractivity contribution < 1.29 is 15.3 Å². The van der Waals surface area contributed by atoms with Crippen LogP contribution in [0.5, 0.6) is 0 Å². The van der Waals surface area contributed by atoms with Gasteiger partial charge in [0, 0.05) is 0 Å². The monoisotopic (exact) mass is 163 g/mol. The summed E-state index contributed by atoms with van der Waals surface area (Å²) in [7, 11) is 0. The smallest absolute Gasteiger partial charge is 0.230 e. The lowest BCUT2D eigenvalue weighted by molar-refractivity contribution is -0.716. The molecule has 0 aromatic rings. The molecule has 0 spiro atoms. The van der Waals surface area contributed by atoms with Gasteiger partial charge in [0.15, 0.2) is 0 Å². The van der Waals surface area contributed by atoms with Crippen molar-refractivity contribution in [1.82, 2.24) is 5.01 Å². The average Bonchev–Trinajstić information content (AvgIpc) is 1.98. The number of hydrogen-bond acceptors (Lipinski definition) is 3. The van der Waals surface area contributed by atoms with Gasteiger partial charge in [-0.3, -0.25) is 0 Å². The number of aliphatic hydroxyl groups is 1. The molecule has 0 aliphatic carbocycles. The first kappa shape index (κ1) is 9.96. The molecule has 0 rings (SSSR count). The van der Waals surface area contributed by atoms with Crippen LogP contribution in [0, 0.1) is 5.21 Å². The molecule has 0 aliphatic rings. The van der Waals surface area contributed by atoms with Crippen molar-refractivity contribution in [3.8, 4) is 0 Å². The van der Waals surface area contributed by atoms with Gasteiger partial charge in [-0.2, -0.15) is 0 Å². The minimum Gasteiger partial charge on any atom is -0.569 e. The van der Waals surface area contributed by atoms with Crippen molar-refractivity contribution in [3.63, 3.8) is 0 Å². The Bertz CT molecular complexity index is 137. The molecule has 0 aromatic heterocycles. The molecule has 0 radical (unpaired) electrons. The van der Waals surface area contributed by atoms with E-state index in [2.05, 4.69) is 5.28 Å². The van der Waals surface area contributed by atoms with Gasteiger partial charge in [0.05, 0.1) is 17.6 Å².